The molecule has 0 saturated carbocycles. The van der Waals surface area contributed by atoms with Crippen LogP contribution in [0.1, 0.15) is 0 Å². The van der Waals surface area contributed by atoms with Gasteiger partial charge in [0.1, 0.15) is 5.82 Å². The van der Waals surface area contributed by atoms with Crippen LogP contribution < -0.4 is 4.90 Å². The van der Waals surface area contributed by atoms with E-state index in [9.17, 15) is 4.79 Å². The lowest BCUT2D eigenvalue weighted by molar-refractivity contribution is 0.204. The summed E-state index contributed by atoms with van der Waals surface area (Å²) in [6.07, 6.45) is 0.458. The second-order valence-corrected chi connectivity index (χ2v) is 2.90. The van der Waals surface area contributed by atoms with E-state index in [-0.39, 0.29) is 0 Å². The molecule has 1 amide bonds. The van der Waals surface area contributed by atoms with Crippen LogP contribution in [-0.4, -0.2) is 21.4 Å². The molecule has 0 unspecified atom stereocenters. The Morgan fingerprint density at radius 2 is 2.00 bits per heavy atom. The average molecular weight is 203 g/mol. The van der Waals surface area contributed by atoms with Crippen molar-refractivity contribution in [3.8, 4) is 0 Å². The van der Waals surface area contributed by atoms with Crippen molar-refractivity contribution >= 4 is 17.6 Å². The third-order valence-electron chi connectivity index (χ3n) is 1.93. The predicted octanol–water partition coefficient (Wildman–Crippen LogP) is 2.23. The van der Waals surface area contributed by atoms with Crippen molar-refractivity contribution in [1.82, 2.24) is 10.2 Å². The van der Waals surface area contributed by atoms with Crippen molar-refractivity contribution in [1.29, 1.82) is 0 Å². The zero-order valence-corrected chi connectivity index (χ0v) is 7.79. The number of carbonyl (C=O) groups is 1. The van der Waals surface area contributed by atoms with Crippen LogP contribution in [0.4, 0.5) is 16.3 Å². The van der Waals surface area contributed by atoms with E-state index in [1.165, 1.54) is 6.20 Å². The van der Waals surface area contributed by atoms with E-state index < -0.39 is 6.09 Å². The summed E-state index contributed by atoms with van der Waals surface area (Å²) in [5.41, 5.74) is 0.578. The largest absolute Gasteiger partial charge is 0.464 e. The van der Waals surface area contributed by atoms with Gasteiger partial charge in [-0.2, -0.15) is 5.10 Å². The molecule has 5 nitrogen and oxygen atoms in total. The Bertz CT molecular complexity index is 439. The van der Waals surface area contributed by atoms with E-state index in [0.29, 0.717) is 11.5 Å². The van der Waals surface area contributed by atoms with Gasteiger partial charge in [0.15, 0.2) is 0 Å². The van der Waals surface area contributed by atoms with E-state index in [1.807, 2.05) is 6.07 Å². The average Bonchev–Trinajstić information content (AvgIpc) is 2.72. The number of para-hydroxylation sites is 1. The van der Waals surface area contributed by atoms with E-state index >= 15 is 0 Å². The van der Waals surface area contributed by atoms with Crippen LogP contribution >= 0.6 is 0 Å². The minimum atomic E-state index is -1.05. The molecule has 76 valence electrons. The Morgan fingerprint density at radius 3 is 2.53 bits per heavy atom. The second kappa shape index (κ2) is 3.83. The monoisotopic (exact) mass is 203 g/mol. The highest BCUT2D eigenvalue weighted by atomic mass is 16.4. The lowest BCUT2D eigenvalue weighted by Crippen LogP contribution is -2.23. The number of aromatic amines is 1. The first-order chi connectivity index (χ1) is 7.29. The van der Waals surface area contributed by atoms with Crippen molar-refractivity contribution in [2.75, 3.05) is 4.90 Å². The SMILES string of the molecule is O=C(O)N(c1ccccc1)c1ccn[nH]1. The van der Waals surface area contributed by atoms with Gasteiger partial charge in [-0.15, -0.1) is 0 Å². The number of rotatable bonds is 2. The van der Waals surface area contributed by atoms with Crippen LogP contribution in [0.15, 0.2) is 42.6 Å². The smallest absolute Gasteiger partial charge is 0.417 e. The fraction of sp³-hybridized carbons (Fsp3) is 0. The van der Waals surface area contributed by atoms with Gasteiger partial charge in [-0.05, 0) is 12.1 Å². The Balaban J connectivity index is 2.42. The summed E-state index contributed by atoms with van der Waals surface area (Å²) in [5.74, 6) is 0.425. The first-order valence-corrected chi connectivity index (χ1v) is 4.36. The molecular weight excluding hydrogens is 194 g/mol. The van der Waals surface area contributed by atoms with Crippen molar-refractivity contribution in [3.63, 3.8) is 0 Å². The van der Waals surface area contributed by atoms with Gasteiger partial charge in [-0.25, -0.2) is 9.69 Å². The van der Waals surface area contributed by atoms with Gasteiger partial charge in [0, 0.05) is 6.07 Å². The van der Waals surface area contributed by atoms with E-state index in [4.69, 9.17) is 5.11 Å². The fourth-order valence-corrected chi connectivity index (χ4v) is 1.30. The number of benzene rings is 1. The van der Waals surface area contributed by atoms with Crippen molar-refractivity contribution in [2.24, 2.45) is 0 Å². The van der Waals surface area contributed by atoms with Crippen LogP contribution in [-0.2, 0) is 0 Å². The van der Waals surface area contributed by atoms with Crippen molar-refractivity contribution < 1.29 is 9.90 Å². The maximum atomic E-state index is 11.1. The van der Waals surface area contributed by atoms with Gasteiger partial charge < -0.3 is 5.11 Å². The molecule has 1 heterocycles. The molecule has 0 fully saturated rings. The Morgan fingerprint density at radius 1 is 1.27 bits per heavy atom. The molecule has 2 aromatic rings. The summed E-state index contributed by atoms with van der Waals surface area (Å²) in [4.78, 5) is 12.2. The Kier molecular flexibility index (Phi) is 2.37. The second-order valence-electron chi connectivity index (χ2n) is 2.90. The number of nitrogens with zero attached hydrogens (tertiary/aromatic N) is 2. The molecule has 0 aliphatic carbocycles. The zero-order chi connectivity index (χ0) is 10.7. The van der Waals surface area contributed by atoms with E-state index in [0.717, 1.165) is 4.90 Å². The summed E-state index contributed by atoms with van der Waals surface area (Å²) in [6, 6.07) is 10.4. The molecule has 1 aromatic carbocycles. The quantitative estimate of drug-likeness (QED) is 0.786. The molecule has 0 radical (unpaired) electrons. The number of hydrogen-bond donors (Lipinski definition) is 2. The minimum absolute atomic E-state index is 0.425. The molecule has 2 N–H and O–H groups in total. The number of anilines is 2. The standard InChI is InChI=1S/C10H9N3O2/c14-10(15)13(9-6-7-11-12-9)8-4-2-1-3-5-8/h1-7H,(H,11,12)(H,14,15). The highest BCUT2D eigenvalue weighted by Gasteiger charge is 2.17. The molecule has 1 aromatic heterocycles. The maximum Gasteiger partial charge on any atom is 0.417 e. The topological polar surface area (TPSA) is 69.2 Å². The number of amides is 1. The van der Waals surface area contributed by atoms with E-state index in [1.54, 1.807) is 30.3 Å². The van der Waals surface area contributed by atoms with E-state index in [2.05, 4.69) is 10.2 Å². The molecular formula is C10H9N3O2. The molecule has 0 aliphatic rings. The van der Waals surface area contributed by atoms with Crippen LogP contribution in [0, 0.1) is 0 Å². The zero-order valence-electron chi connectivity index (χ0n) is 7.79. The molecule has 0 bridgehead atoms. The van der Waals surface area contributed by atoms with Gasteiger partial charge in [-0.3, -0.25) is 5.10 Å². The van der Waals surface area contributed by atoms with Gasteiger partial charge in [0.05, 0.1) is 11.9 Å². The van der Waals surface area contributed by atoms with Crippen LogP contribution in [0.2, 0.25) is 0 Å². The lowest BCUT2D eigenvalue weighted by atomic mass is 10.3. The van der Waals surface area contributed by atoms with Crippen LogP contribution in [0.5, 0.6) is 0 Å². The van der Waals surface area contributed by atoms with Gasteiger partial charge in [0.2, 0.25) is 0 Å². The Labute approximate surface area is 86.0 Å². The Hall–Kier alpha value is -2.30. The predicted molar refractivity (Wildman–Crippen MR) is 55.2 cm³/mol. The molecule has 0 atom stereocenters. The molecule has 0 saturated heterocycles. The van der Waals surface area contributed by atoms with Crippen molar-refractivity contribution in [3.05, 3.63) is 42.6 Å². The summed E-state index contributed by atoms with van der Waals surface area (Å²) in [5, 5.41) is 15.4. The van der Waals surface area contributed by atoms with Crippen molar-refractivity contribution in [2.45, 2.75) is 0 Å². The summed E-state index contributed by atoms with van der Waals surface area (Å²) >= 11 is 0. The first kappa shape index (κ1) is 9.26. The highest BCUT2D eigenvalue weighted by molar-refractivity contribution is 5.93. The third-order valence-corrected chi connectivity index (χ3v) is 1.93. The minimum Gasteiger partial charge on any atom is -0.464 e. The number of carboxylic acid groups (broad SMARTS) is 1. The molecule has 0 spiro atoms. The first-order valence-electron chi connectivity index (χ1n) is 4.36. The normalized spacial score (nSPS) is 9.87. The summed E-state index contributed by atoms with van der Waals surface area (Å²) < 4.78 is 0. The lowest BCUT2D eigenvalue weighted by Gasteiger charge is -2.16. The molecule has 15 heavy (non-hydrogen) atoms. The molecule has 5 heteroatoms. The fourth-order valence-electron chi connectivity index (χ4n) is 1.30. The van der Waals surface area contributed by atoms with Gasteiger partial charge >= 0.3 is 6.09 Å². The summed E-state index contributed by atoms with van der Waals surface area (Å²) in [6.45, 7) is 0. The molecule has 2 rings (SSSR count). The highest BCUT2D eigenvalue weighted by Crippen LogP contribution is 2.22. The number of H-pyrrole nitrogens is 1. The molecule has 0 aliphatic heterocycles. The number of aromatic nitrogens is 2. The number of nitrogens with one attached hydrogen (secondary N) is 1. The van der Waals surface area contributed by atoms with Gasteiger partial charge in [-0.1, -0.05) is 18.2 Å². The summed E-state index contributed by atoms with van der Waals surface area (Å²) in [7, 11) is 0. The van der Waals surface area contributed by atoms with Crippen LogP contribution in [0.3, 0.4) is 0 Å². The third kappa shape index (κ3) is 1.80. The maximum absolute atomic E-state index is 11.1. The van der Waals surface area contributed by atoms with Gasteiger partial charge in [0.25, 0.3) is 0 Å². The number of hydrogen-bond acceptors (Lipinski definition) is 2. The van der Waals surface area contributed by atoms with Crippen LogP contribution in [0.25, 0.3) is 0 Å².